The van der Waals surface area contributed by atoms with E-state index in [2.05, 4.69) is 16.4 Å². The van der Waals surface area contributed by atoms with Crippen molar-refractivity contribution in [1.82, 2.24) is 14.9 Å². The third-order valence-corrected chi connectivity index (χ3v) is 3.07. The van der Waals surface area contributed by atoms with Gasteiger partial charge in [0.25, 0.3) is 0 Å². The lowest BCUT2D eigenvalue weighted by molar-refractivity contribution is -0.121. The summed E-state index contributed by atoms with van der Waals surface area (Å²) in [6.07, 6.45) is 0.554. The van der Waals surface area contributed by atoms with Crippen LogP contribution in [0.4, 0.5) is 0 Å². The summed E-state index contributed by atoms with van der Waals surface area (Å²) in [7, 11) is 1.59. The van der Waals surface area contributed by atoms with E-state index in [9.17, 15) is 4.79 Å². The number of aromatic nitrogens is 2. The number of halogens is 1. The second kappa shape index (κ2) is 5.72. The molecule has 1 aromatic heterocycles. The van der Waals surface area contributed by atoms with Crippen LogP contribution >= 0.6 is 11.6 Å². The van der Waals surface area contributed by atoms with Gasteiger partial charge in [-0.2, -0.15) is 5.26 Å². The first-order valence-electron chi connectivity index (χ1n) is 5.86. The predicted molar refractivity (Wildman–Crippen MR) is 72.9 cm³/mol. The molecule has 1 amide bonds. The summed E-state index contributed by atoms with van der Waals surface area (Å²) in [6, 6.07) is 7.46. The number of amides is 1. The van der Waals surface area contributed by atoms with Crippen molar-refractivity contribution in [3.8, 4) is 6.07 Å². The van der Waals surface area contributed by atoms with Crippen molar-refractivity contribution in [3.63, 3.8) is 0 Å². The van der Waals surface area contributed by atoms with Gasteiger partial charge in [-0.25, -0.2) is 4.98 Å². The van der Waals surface area contributed by atoms with E-state index in [4.69, 9.17) is 16.9 Å². The molecule has 0 aliphatic rings. The molecule has 0 radical (unpaired) electrons. The molecule has 98 valence electrons. The summed E-state index contributed by atoms with van der Waals surface area (Å²) in [6.45, 7) is 0.175. The number of likely N-dealkylation sites (N-methyl/N-ethyl adjacent to an activating group) is 1. The van der Waals surface area contributed by atoms with Crippen molar-refractivity contribution in [2.24, 2.45) is 0 Å². The Kier molecular flexibility index (Phi) is 4.03. The van der Waals surface area contributed by atoms with E-state index in [1.807, 2.05) is 6.07 Å². The van der Waals surface area contributed by atoms with Gasteiger partial charge in [-0.3, -0.25) is 4.79 Å². The lowest BCUT2D eigenvalue weighted by Gasteiger charge is -2.07. The number of carbonyl (C=O) groups is 1. The van der Waals surface area contributed by atoms with Gasteiger partial charge in [0, 0.05) is 19.3 Å². The number of fused-ring (bicyclic) bond motifs is 1. The van der Waals surface area contributed by atoms with Crippen LogP contribution in [-0.4, -0.2) is 28.4 Å². The lowest BCUT2D eigenvalue weighted by Crippen LogP contribution is -2.24. The summed E-state index contributed by atoms with van der Waals surface area (Å²) < 4.78 is 1.80. The number of hydrogen-bond donors (Lipinski definition) is 1. The van der Waals surface area contributed by atoms with Crippen molar-refractivity contribution in [3.05, 3.63) is 29.6 Å². The standard InChI is InChI=1S/C13H13ClN4O/c1-16-12(19)8-18-10-4-2-3-9(7-15)13(10)17-11(18)5-6-14/h2-4H,5-6,8H2,1H3,(H,16,19). The van der Waals surface area contributed by atoms with Crippen LogP contribution in [0.3, 0.4) is 0 Å². The fourth-order valence-corrected chi connectivity index (χ4v) is 2.13. The zero-order valence-electron chi connectivity index (χ0n) is 10.5. The smallest absolute Gasteiger partial charge is 0.239 e. The molecule has 0 bridgehead atoms. The lowest BCUT2D eigenvalue weighted by atomic mass is 10.2. The maximum Gasteiger partial charge on any atom is 0.239 e. The highest BCUT2D eigenvalue weighted by molar-refractivity contribution is 6.17. The number of nitriles is 1. The Balaban J connectivity index is 2.61. The van der Waals surface area contributed by atoms with E-state index < -0.39 is 0 Å². The quantitative estimate of drug-likeness (QED) is 0.859. The zero-order chi connectivity index (χ0) is 13.8. The SMILES string of the molecule is CNC(=O)Cn1c(CCCl)nc2c(C#N)cccc21. The Bertz CT molecular complexity index is 656. The van der Waals surface area contributed by atoms with Crippen molar-refractivity contribution in [1.29, 1.82) is 5.26 Å². The topological polar surface area (TPSA) is 70.7 Å². The molecule has 2 rings (SSSR count). The van der Waals surface area contributed by atoms with E-state index in [1.165, 1.54) is 0 Å². The number of rotatable bonds is 4. The van der Waals surface area contributed by atoms with Crippen LogP contribution in [0, 0.1) is 11.3 Å². The summed E-state index contributed by atoms with van der Waals surface area (Å²) in [5.41, 5.74) is 1.90. The van der Waals surface area contributed by atoms with Crippen LogP contribution in [0.15, 0.2) is 18.2 Å². The average Bonchev–Trinajstić information content (AvgIpc) is 2.77. The number of imidazole rings is 1. The molecule has 6 heteroatoms. The first-order valence-corrected chi connectivity index (χ1v) is 6.39. The normalized spacial score (nSPS) is 10.4. The Morgan fingerprint density at radius 2 is 2.37 bits per heavy atom. The first-order chi connectivity index (χ1) is 9.21. The fourth-order valence-electron chi connectivity index (χ4n) is 1.96. The minimum atomic E-state index is -0.113. The van der Waals surface area contributed by atoms with Crippen LogP contribution in [-0.2, 0) is 17.8 Å². The van der Waals surface area contributed by atoms with Crippen LogP contribution in [0.5, 0.6) is 0 Å². The molecule has 1 aromatic carbocycles. The highest BCUT2D eigenvalue weighted by Crippen LogP contribution is 2.20. The van der Waals surface area contributed by atoms with E-state index >= 15 is 0 Å². The molecule has 0 aliphatic heterocycles. The number of alkyl halides is 1. The number of hydrogen-bond acceptors (Lipinski definition) is 3. The Labute approximate surface area is 115 Å². The molecule has 0 fully saturated rings. The number of carbonyl (C=O) groups excluding carboxylic acids is 1. The van der Waals surface area contributed by atoms with E-state index in [0.717, 1.165) is 11.3 Å². The molecule has 19 heavy (non-hydrogen) atoms. The third-order valence-electron chi connectivity index (χ3n) is 2.88. The molecule has 0 saturated carbocycles. The largest absolute Gasteiger partial charge is 0.358 e. The summed E-state index contributed by atoms with van der Waals surface area (Å²) >= 11 is 5.76. The summed E-state index contributed by atoms with van der Waals surface area (Å²) in [5.74, 6) is 1.02. The molecule has 0 spiro atoms. The van der Waals surface area contributed by atoms with Crippen molar-refractivity contribution in [2.45, 2.75) is 13.0 Å². The minimum Gasteiger partial charge on any atom is -0.358 e. The van der Waals surface area contributed by atoms with Crippen LogP contribution in [0.25, 0.3) is 11.0 Å². The molecule has 5 nitrogen and oxygen atoms in total. The molecule has 0 atom stereocenters. The molecule has 1 heterocycles. The fraction of sp³-hybridized carbons (Fsp3) is 0.308. The van der Waals surface area contributed by atoms with Crippen molar-refractivity contribution in [2.75, 3.05) is 12.9 Å². The highest BCUT2D eigenvalue weighted by atomic mass is 35.5. The predicted octanol–water partition coefficient (Wildman–Crippen LogP) is 1.44. The van der Waals surface area contributed by atoms with Gasteiger partial charge in [0.2, 0.25) is 5.91 Å². The second-order valence-corrected chi connectivity index (χ2v) is 4.39. The third kappa shape index (κ3) is 2.54. The maximum atomic E-state index is 11.6. The number of nitrogens with one attached hydrogen (secondary N) is 1. The summed E-state index contributed by atoms with van der Waals surface area (Å²) in [5, 5.41) is 11.7. The van der Waals surface area contributed by atoms with Crippen molar-refractivity contribution < 1.29 is 4.79 Å². The highest BCUT2D eigenvalue weighted by Gasteiger charge is 2.14. The number of benzene rings is 1. The molecular formula is C13H13ClN4O. The van der Waals surface area contributed by atoms with E-state index in [1.54, 1.807) is 23.7 Å². The summed E-state index contributed by atoms with van der Waals surface area (Å²) in [4.78, 5) is 16.0. The van der Waals surface area contributed by atoms with Gasteiger partial charge in [-0.15, -0.1) is 11.6 Å². The van der Waals surface area contributed by atoms with Gasteiger partial charge in [0.05, 0.1) is 11.1 Å². The minimum absolute atomic E-state index is 0.113. The van der Waals surface area contributed by atoms with Crippen LogP contribution < -0.4 is 5.32 Å². The number of aryl methyl sites for hydroxylation is 1. The average molecular weight is 277 g/mol. The first kappa shape index (κ1) is 13.4. The van der Waals surface area contributed by atoms with Gasteiger partial charge in [-0.1, -0.05) is 6.07 Å². The zero-order valence-corrected chi connectivity index (χ0v) is 11.2. The van der Waals surface area contributed by atoms with Crippen LogP contribution in [0.1, 0.15) is 11.4 Å². The molecule has 2 aromatic rings. The van der Waals surface area contributed by atoms with Crippen LogP contribution in [0.2, 0.25) is 0 Å². The second-order valence-electron chi connectivity index (χ2n) is 4.01. The van der Waals surface area contributed by atoms with E-state index in [-0.39, 0.29) is 12.5 Å². The van der Waals surface area contributed by atoms with Gasteiger partial charge in [0.1, 0.15) is 24.0 Å². The van der Waals surface area contributed by atoms with Gasteiger partial charge >= 0.3 is 0 Å². The van der Waals surface area contributed by atoms with Gasteiger partial charge in [-0.05, 0) is 12.1 Å². The molecule has 0 unspecified atom stereocenters. The van der Waals surface area contributed by atoms with E-state index in [0.29, 0.717) is 23.4 Å². The molecular weight excluding hydrogens is 264 g/mol. The Hall–Kier alpha value is -2.06. The number of nitrogens with zero attached hydrogens (tertiary/aromatic N) is 3. The Morgan fingerprint density at radius 3 is 3.00 bits per heavy atom. The molecule has 1 N–H and O–H groups in total. The van der Waals surface area contributed by atoms with Gasteiger partial charge < -0.3 is 9.88 Å². The maximum absolute atomic E-state index is 11.6. The molecule has 0 saturated heterocycles. The number of para-hydroxylation sites is 1. The van der Waals surface area contributed by atoms with Gasteiger partial charge in [0.15, 0.2) is 0 Å². The van der Waals surface area contributed by atoms with Crippen molar-refractivity contribution >= 4 is 28.5 Å². The molecule has 0 aliphatic carbocycles. The monoisotopic (exact) mass is 276 g/mol. The Morgan fingerprint density at radius 1 is 1.58 bits per heavy atom.